The van der Waals surface area contributed by atoms with Crippen molar-refractivity contribution in [2.75, 3.05) is 13.1 Å². The van der Waals surface area contributed by atoms with Gasteiger partial charge in [0.1, 0.15) is 0 Å². The third-order valence-electron chi connectivity index (χ3n) is 2.10. The first-order valence-electron chi connectivity index (χ1n) is 4.93. The van der Waals surface area contributed by atoms with E-state index < -0.39 is 0 Å². The smallest absolute Gasteiger partial charge is 0.0635 e. The van der Waals surface area contributed by atoms with Crippen molar-refractivity contribution in [1.82, 2.24) is 4.90 Å². The van der Waals surface area contributed by atoms with Gasteiger partial charge in [-0.05, 0) is 5.56 Å². The Morgan fingerprint density at radius 2 is 2.00 bits per heavy atom. The first kappa shape index (κ1) is 11.3. The third-order valence-corrected chi connectivity index (χ3v) is 2.10. The molecule has 0 saturated heterocycles. The molecule has 0 radical (unpaired) electrons. The molecule has 0 spiro atoms. The van der Waals surface area contributed by atoms with Crippen LogP contribution in [0.25, 0.3) is 0 Å². The van der Waals surface area contributed by atoms with Gasteiger partial charge >= 0.3 is 0 Å². The van der Waals surface area contributed by atoms with Crippen LogP contribution < -0.4 is 0 Å². The van der Waals surface area contributed by atoms with E-state index in [1.807, 2.05) is 18.2 Å². The molecule has 0 fully saturated rings. The van der Waals surface area contributed by atoms with Crippen molar-refractivity contribution in [2.24, 2.45) is 0 Å². The molecule has 1 aromatic carbocycles. The van der Waals surface area contributed by atoms with Crippen molar-refractivity contribution < 1.29 is 0 Å². The Labute approximate surface area is 91.1 Å². The van der Waals surface area contributed by atoms with E-state index in [1.54, 1.807) is 0 Å². The summed E-state index contributed by atoms with van der Waals surface area (Å²) in [6.45, 7) is 2.14. The molecule has 2 nitrogen and oxygen atoms in total. The number of terminal acetylenes is 1. The Bertz CT molecular complexity index is 356. The zero-order chi connectivity index (χ0) is 10.9. The molecule has 0 bridgehead atoms. The number of rotatable bonds is 5. The van der Waals surface area contributed by atoms with E-state index in [0.717, 1.165) is 13.1 Å². The van der Waals surface area contributed by atoms with Gasteiger partial charge in [0.25, 0.3) is 0 Å². The predicted octanol–water partition coefficient (Wildman–Crippen LogP) is 2.04. The van der Waals surface area contributed by atoms with Crippen LogP contribution in [0.2, 0.25) is 0 Å². The van der Waals surface area contributed by atoms with E-state index in [1.165, 1.54) is 5.56 Å². The highest BCUT2D eigenvalue weighted by molar-refractivity contribution is 5.14. The Kier molecular flexibility index (Phi) is 5.01. The molecular weight excluding hydrogens is 184 g/mol. The van der Waals surface area contributed by atoms with Crippen LogP contribution >= 0.6 is 0 Å². The predicted molar refractivity (Wildman–Crippen MR) is 60.8 cm³/mol. The molecule has 0 aliphatic carbocycles. The van der Waals surface area contributed by atoms with Crippen molar-refractivity contribution in [1.29, 1.82) is 5.26 Å². The van der Waals surface area contributed by atoms with E-state index in [9.17, 15) is 0 Å². The van der Waals surface area contributed by atoms with E-state index in [0.29, 0.717) is 13.0 Å². The lowest BCUT2D eigenvalue weighted by Gasteiger charge is -2.17. The van der Waals surface area contributed by atoms with E-state index >= 15 is 0 Å². The minimum atomic E-state index is 0.522. The molecule has 15 heavy (non-hydrogen) atoms. The summed E-state index contributed by atoms with van der Waals surface area (Å²) in [5.74, 6) is 2.61. The standard InChI is InChI=1S/C13H14N2/c1-2-10-15(11-6-9-14)12-13-7-4-3-5-8-13/h1,3-5,7-8H,6,10-12H2. The normalized spacial score (nSPS) is 9.53. The first-order chi connectivity index (χ1) is 7.36. The number of hydrogen-bond acceptors (Lipinski definition) is 2. The second-order valence-corrected chi connectivity index (χ2v) is 3.31. The summed E-state index contributed by atoms with van der Waals surface area (Å²) in [5.41, 5.74) is 1.23. The van der Waals surface area contributed by atoms with Crippen LogP contribution in [0, 0.1) is 23.7 Å². The van der Waals surface area contributed by atoms with Crippen LogP contribution in [0.3, 0.4) is 0 Å². The minimum absolute atomic E-state index is 0.522. The molecule has 0 saturated carbocycles. The monoisotopic (exact) mass is 198 g/mol. The fraction of sp³-hybridized carbons (Fsp3) is 0.308. The van der Waals surface area contributed by atoms with Crippen molar-refractivity contribution in [3.05, 3.63) is 35.9 Å². The summed E-state index contributed by atoms with van der Waals surface area (Å²) in [7, 11) is 0. The van der Waals surface area contributed by atoms with Crippen LogP contribution in [-0.4, -0.2) is 18.0 Å². The van der Waals surface area contributed by atoms with Crippen LogP contribution in [0.4, 0.5) is 0 Å². The molecule has 0 atom stereocenters. The summed E-state index contributed by atoms with van der Waals surface area (Å²) in [6, 6.07) is 12.3. The number of nitriles is 1. The van der Waals surface area contributed by atoms with Gasteiger partial charge < -0.3 is 0 Å². The average molecular weight is 198 g/mol. The van der Waals surface area contributed by atoms with Gasteiger partial charge in [0.05, 0.1) is 12.6 Å². The van der Waals surface area contributed by atoms with Gasteiger partial charge in [-0.2, -0.15) is 5.26 Å². The van der Waals surface area contributed by atoms with Crippen molar-refractivity contribution in [3.8, 4) is 18.4 Å². The minimum Gasteiger partial charge on any atom is -0.287 e. The van der Waals surface area contributed by atoms with Gasteiger partial charge in [0.15, 0.2) is 0 Å². The Morgan fingerprint density at radius 1 is 1.27 bits per heavy atom. The van der Waals surface area contributed by atoms with Crippen LogP contribution in [-0.2, 0) is 6.54 Å². The Morgan fingerprint density at radius 3 is 2.60 bits per heavy atom. The van der Waals surface area contributed by atoms with Crippen molar-refractivity contribution in [3.63, 3.8) is 0 Å². The summed E-state index contributed by atoms with van der Waals surface area (Å²) < 4.78 is 0. The van der Waals surface area contributed by atoms with E-state index in [-0.39, 0.29) is 0 Å². The summed E-state index contributed by atoms with van der Waals surface area (Å²) >= 11 is 0. The van der Waals surface area contributed by atoms with Gasteiger partial charge in [0.2, 0.25) is 0 Å². The molecule has 0 aromatic heterocycles. The zero-order valence-corrected chi connectivity index (χ0v) is 8.69. The molecule has 0 heterocycles. The molecule has 0 unspecified atom stereocenters. The number of benzene rings is 1. The second kappa shape index (κ2) is 6.65. The largest absolute Gasteiger partial charge is 0.287 e. The highest BCUT2D eigenvalue weighted by Gasteiger charge is 2.03. The lowest BCUT2D eigenvalue weighted by atomic mass is 10.2. The maximum Gasteiger partial charge on any atom is 0.0635 e. The molecule has 0 aliphatic rings. The maximum absolute atomic E-state index is 8.52. The fourth-order valence-electron chi connectivity index (χ4n) is 1.39. The van der Waals surface area contributed by atoms with Gasteiger partial charge in [-0.25, -0.2) is 0 Å². The number of hydrogen-bond donors (Lipinski definition) is 0. The maximum atomic E-state index is 8.52. The van der Waals surface area contributed by atoms with Crippen LogP contribution in [0.1, 0.15) is 12.0 Å². The van der Waals surface area contributed by atoms with Gasteiger partial charge in [-0.15, -0.1) is 6.42 Å². The summed E-state index contributed by atoms with van der Waals surface area (Å²) in [5, 5.41) is 8.52. The van der Waals surface area contributed by atoms with Crippen LogP contribution in [0.5, 0.6) is 0 Å². The Balaban J connectivity index is 2.52. The summed E-state index contributed by atoms with van der Waals surface area (Å²) in [6.07, 6.45) is 5.80. The summed E-state index contributed by atoms with van der Waals surface area (Å²) in [4.78, 5) is 2.10. The lowest BCUT2D eigenvalue weighted by molar-refractivity contribution is 0.306. The average Bonchev–Trinajstić information content (AvgIpc) is 2.28. The second-order valence-electron chi connectivity index (χ2n) is 3.31. The fourth-order valence-corrected chi connectivity index (χ4v) is 1.39. The van der Waals surface area contributed by atoms with E-state index in [4.69, 9.17) is 11.7 Å². The van der Waals surface area contributed by atoms with Crippen LogP contribution in [0.15, 0.2) is 30.3 Å². The highest BCUT2D eigenvalue weighted by Crippen LogP contribution is 2.04. The molecular formula is C13H14N2. The highest BCUT2D eigenvalue weighted by atomic mass is 15.1. The SMILES string of the molecule is C#CCN(CCC#N)Cc1ccccc1. The zero-order valence-electron chi connectivity index (χ0n) is 8.69. The Hall–Kier alpha value is -1.77. The van der Waals surface area contributed by atoms with Gasteiger partial charge in [-0.3, -0.25) is 4.90 Å². The van der Waals surface area contributed by atoms with Gasteiger partial charge in [0, 0.05) is 19.5 Å². The molecule has 76 valence electrons. The third kappa shape index (κ3) is 4.31. The molecule has 0 N–H and O–H groups in total. The van der Waals surface area contributed by atoms with Crippen molar-refractivity contribution in [2.45, 2.75) is 13.0 Å². The molecule has 1 rings (SSSR count). The first-order valence-corrected chi connectivity index (χ1v) is 4.93. The quantitative estimate of drug-likeness (QED) is 0.677. The topological polar surface area (TPSA) is 27.0 Å². The molecule has 0 aliphatic heterocycles. The molecule has 1 aromatic rings. The lowest BCUT2D eigenvalue weighted by Crippen LogP contribution is -2.24. The van der Waals surface area contributed by atoms with Gasteiger partial charge in [-0.1, -0.05) is 36.3 Å². The number of nitrogens with zero attached hydrogens (tertiary/aromatic N) is 2. The molecule has 0 amide bonds. The van der Waals surface area contributed by atoms with E-state index in [2.05, 4.69) is 29.0 Å². The molecule has 2 heteroatoms. The van der Waals surface area contributed by atoms with Crippen molar-refractivity contribution >= 4 is 0 Å².